The first-order valence-electron chi connectivity index (χ1n) is 8.49. The van der Waals surface area contributed by atoms with Crippen molar-refractivity contribution >= 4 is 16.8 Å². The highest BCUT2D eigenvalue weighted by Crippen LogP contribution is 2.40. The fourth-order valence-corrected chi connectivity index (χ4v) is 3.48. The Kier molecular flexibility index (Phi) is 4.91. The van der Waals surface area contributed by atoms with Crippen molar-refractivity contribution in [1.82, 2.24) is 4.98 Å². The Morgan fingerprint density at radius 1 is 1.04 bits per heavy atom. The number of primary amides is 1. The highest BCUT2D eigenvalue weighted by atomic mass is 19.4. The number of para-hydroxylation sites is 1. The molecule has 1 amide bonds. The minimum Gasteiger partial charge on any atom is -0.366 e. The molecular formula is C21H19F3N2O. The number of halogens is 3. The maximum Gasteiger partial charge on any atom is 0.390 e. The van der Waals surface area contributed by atoms with Crippen molar-refractivity contribution in [2.24, 2.45) is 5.73 Å². The lowest BCUT2D eigenvalue weighted by Crippen LogP contribution is -2.35. The molecular weight excluding hydrogens is 353 g/mol. The molecule has 2 aromatic carbocycles. The Labute approximate surface area is 155 Å². The number of carbonyl (C=O) groups is 1. The van der Waals surface area contributed by atoms with Gasteiger partial charge in [0.05, 0.1) is 23.2 Å². The second-order valence-corrected chi connectivity index (χ2v) is 6.96. The van der Waals surface area contributed by atoms with E-state index in [4.69, 9.17) is 5.73 Å². The van der Waals surface area contributed by atoms with Crippen LogP contribution in [0.3, 0.4) is 0 Å². The van der Waals surface area contributed by atoms with Crippen LogP contribution in [0.4, 0.5) is 13.2 Å². The van der Waals surface area contributed by atoms with Crippen molar-refractivity contribution in [2.75, 3.05) is 0 Å². The SMILES string of the molecule is CC(Cc1ccccc1)(CC(F)(F)F)c1nc2ccccc2cc1C(N)=O. The van der Waals surface area contributed by atoms with E-state index in [1.54, 1.807) is 54.6 Å². The molecule has 2 N–H and O–H groups in total. The van der Waals surface area contributed by atoms with Gasteiger partial charge in [0.25, 0.3) is 5.91 Å². The molecule has 140 valence electrons. The summed E-state index contributed by atoms with van der Waals surface area (Å²) < 4.78 is 40.3. The number of hydrogen-bond acceptors (Lipinski definition) is 2. The van der Waals surface area contributed by atoms with Crippen molar-refractivity contribution in [2.45, 2.75) is 31.4 Å². The van der Waals surface area contributed by atoms with Gasteiger partial charge < -0.3 is 5.73 Å². The number of nitrogens with two attached hydrogens (primary N) is 1. The van der Waals surface area contributed by atoms with Gasteiger partial charge in [-0.3, -0.25) is 9.78 Å². The van der Waals surface area contributed by atoms with E-state index in [1.807, 2.05) is 0 Å². The molecule has 1 heterocycles. The molecule has 1 aromatic heterocycles. The van der Waals surface area contributed by atoms with Crippen LogP contribution in [0.1, 0.15) is 35.0 Å². The smallest absolute Gasteiger partial charge is 0.366 e. The number of pyridine rings is 1. The number of rotatable bonds is 5. The number of carbonyl (C=O) groups excluding carboxylic acids is 1. The summed E-state index contributed by atoms with van der Waals surface area (Å²) in [6.07, 6.45) is -5.45. The van der Waals surface area contributed by atoms with E-state index in [2.05, 4.69) is 4.98 Å². The summed E-state index contributed by atoms with van der Waals surface area (Å²) in [5.74, 6) is -0.787. The molecule has 1 unspecified atom stereocenters. The van der Waals surface area contributed by atoms with Gasteiger partial charge in [-0.2, -0.15) is 13.2 Å². The molecule has 3 rings (SSSR count). The van der Waals surface area contributed by atoms with Crippen LogP contribution in [0.15, 0.2) is 60.7 Å². The average molecular weight is 372 g/mol. The molecule has 0 spiro atoms. The van der Waals surface area contributed by atoms with Gasteiger partial charge in [-0.25, -0.2) is 0 Å². The maximum atomic E-state index is 13.4. The van der Waals surface area contributed by atoms with Gasteiger partial charge in [-0.05, 0) is 24.1 Å². The number of benzene rings is 2. The van der Waals surface area contributed by atoms with Gasteiger partial charge >= 0.3 is 6.18 Å². The molecule has 6 heteroatoms. The Morgan fingerprint density at radius 3 is 2.30 bits per heavy atom. The largest absolute Gasteiger partial charge is 0.390 e. The number of aromatic nitrogens is 1. The first-order chi connectivity index (χ1) is 12.7. The zero-order valence-corrected chi connectivity index (χ0v) is 14.8. The molecule has 0 saturated carbocycles. The van der Waals surface area contributed by atoms with Gasteiger partial charge in [-0.15, -0.1) is 0 Å². The standard InChI is InChI=1S/C21H19F3N2O/c1-20(13-21(22,23)24,12-14-7-3-2-4-8-14)18-16(19(25)27)11-15-9-5-6-10-17(15)26-18/h2-11H,12-13H2,1H3,(H2,25,27). The summed E-state index contributed by atoms with van der Waals surface area (Å²) in [5, 5.41) is 0.657. The summed E-state index contributed by atoms with van der Waals surface area (Å²) >= 11 is 0. The van der Waals surface area contributed by atoms with E-state index in [-0.39, 0.29) is 17.7 Å². The Balaban J connectivity index is 2.21. The molecule has 0 aliphatic rings. The minimum absolute atomic E-state index is 0.0244. The van der Waals surface area contributed by atoms with Crippen LogP contribution >= 0.6 is 0 Å². The quantitative estimate of drug-likeness (QED) is 0.700. The van der Waals surface area contributed by atoms with Crippen LogP contribution in [0.5, 0.6) is 0 Å². The Bertz CT molecular complexity index is 970. The van der Waals surface area contributed by atoms with E-state index in [0.717, 1.165) is 5.56 Å². The predicted octanol–water partition coefficient (Wildman–Crippen LogP) is 4.79. The lowest BCUT2D eigenvalue weighted by molar-refractivity contribution is -0.147. The zero-order chi connectivity index (χ0) is 19.7. The predicted molar refractivity (Wildman–Crippen MR) is 98.4 cm³/mol. The summed E-state index contributed by atoms with van der Waals surface area (Å²) in [5.41, 5.74) is 5.42. The lowest BCUT2D eigenvalue weighted by atomic mass is 9.75. The minimum atomic E-state index is -4.42. The fraction of sp³-hybridized carbons (Fsp3) is 0.238. The van der Waals surface area contributed by atoms with Crippen molar-refractivity contribution in [1.29, 1.82) is 0 Å². The van der Waals surface area contributed by atoms with Crippen LogP contribution in [0.25, 0.3) is 10.9 Å². The first kappa shape index (κ1) is 18.9. The van der Waals surface area contributed by atoms with Crippen LogP contribution in [0, 0.1) is 0 Å². The number of alkyl halides is 3. The summed E-state index contributed by atoms with van der Waals surface area (Å²) in [7, 11) is 0. The lowest BCUT2D eigenvalue weighted by Gasteiger charge is -2.32. The van der Waals surface area contributed by atoms with E-state index >= 15 is 0 Å². The van der Waals surface area contributed by atoms with Gasteiger partial charge in [0.2, 0.25) is 0 Å². The molecule has 27 heavy (non-hydrogen) atoms. The molecule has 0 fully saturated rings. The third-order valence-electron chi connectivity index (χ3n) is 4.59. The van der Waals surface area contributed by atoms with E-state index in [9.17, 15) is 18.0 Å². The third kappa shape index (κ3) is 4.27. The molecule has 0 aliphatic heterocycles. The van der Waals surface area contributed by atoms with Crippen LogP contribution < -0.4 is 5.73 Å². The van der Waals surface area contributed by atoms with Gasteiger partial charge in [0, 0.05) is 10.8 Å². The van der Waals surface area contributed by atoms with Crippen LogP contribution in [0.2, 0.25) is 0 Å². The Morgan fingerprint density at radius 2 is 1.67 bits per heavy atom. The topological polar surface area (TPSA) is 56.0 Å². The van der Waals surface area contributed by atoms with E-state index in [1.165, 1.54) is 13.0 Å². The highest BCUT2D eigenvalue weighted by Gasteiger charge is 2.43. The van der Waals surface area contributed by atoms with Crippen LogP contribution in [-0.4, -0.2) is 17.1 Å². The van der Waals surface area contributed by atoms with E-state index < -0.39 is 23.9 Å². The van der Waals surface area contributed by atoms with Crippen molar-refractivity contribution < 1.29 is 18.0 Å². The molecule has 0 saturated heterocycles. The third-order valence-corrected chi connectivity index (χ3v) is 4.59. The molecule has 3 nitrogen and oxygen atoms in total. The number of amides is 1. The summed E-state index contributed by atoms with van der Waals surface area (Å²) in [6.45, 7) is 1.48. The van der Waals surface area contributed by atoms with Gasteiger partial charge in [0.15, 0.2) is 0 Å². The second kappa shape index (κ2) is 7.02. The molecule has 3 aromatic rings. The summed E-state index contributed by atoms with van der Waals surface area (Å²) in [6, 6.07) is 17.4. The van der Waals surface area contributed by atoms with Crippen molar-refractivity contribution in [3.63, 3.8) is 0 Å². The monoisotopic (exact) mass is 372 g/mol. The molecule has 0 bridgehead atoms. The number of fused-ring (bicyclic) bond motifs is 1. The number of hydrogen-bond donors (Lipinski definition) is 1. The molecule has 0 aliphatic carbocycles. The maximum absolute atomic E-state index is 13.4. The van der Waals surface area contributed by atoms with Gasteiger partial charge in [-0.1, -0.05) is 55.5 Å². The molecule has 1 atom stereocenters. The fourth-order valence-electron chi connectivity index (χ4n) is 3.48. The second-order valence-electron chi connectivity index (χ2n) is 6.96. The Hall–Kier alpha value is -2.89. The van der Waals surface area contributed by atoms with Crippen molar-refractivity contribution in [3.8, 4) is 0 Å². The van der Waals surface area contributed by atoms with Crippen molar-refractivity contribution in [3.05, 3.63) is 77.5 Å². The average Bonchev–Trinajstić information content (AvgIpc) is 2.59. The zero-order valence-electron chi connectivity index (χ0n) is 14.8. The molecule has 0 radical (unpaired) electrons. The first-order valence-corrected chi connectivity index (χ1v) is 8.49. The summed E-state index contributed by atoms with van der Waals surface area (Å²) in [4.78, 5) is 16.5. The number of nitrogens with zero attached hydrogens (tertiary/aromatic N) is 1. The van der Waals surface area contributed by atoms with E-state index in [0.29, 0.717) is 10.9 Å². The van der Waals surface area contributed by atoms with Crippen LogP contribution in [-0.2, 0) is 11.8 Å². The normalized spacial score (nSPS) is 14.1. The van der Waals surface area contributed by atoms with Gasteiger partial charge in [0.1, 0.15) is 0 Å². The highest BCUT2D eigenvalue weighted by molar-refractivity contribution is 5.98.